The van der Waals surface area contributed by atoms with Crippen molar-refractivity contribution in [1.29, 1.82) is 0 Å². The molecule has 2 N–H and O–H groups in total. The maximum absolute atomic E-state index is 6.34. The van der Waals surface area contributed by atoms with Crippen LogP contribution in [0.15, 0.2) is 24.3 Å². The summed E-state index contributed by atoms with van der Waals surface area (Å²) in [6, 6.07) is 7.78. The Labute approximate surface area is 129 Å². The van der Waals surface area contributed by atoms with Crippen molar-refractivity contribution in [3.8, 4) is 0 Å². The number of rotatable bonds is 5. The second-order valence-electron chi connectivity index (χ2n) is 4.98. The van der Waals surface area contributed by atoms with Gasteiger partial charge >= 0.3 is 0 Å². The van der Waals surface area contributed by atoms with Crippen LogP contribution in [-0.2, 0) is 26.3 Å². The zero-order valence-corrected chi connectivity index (χ0v) is 13.2. The molecule has 0 saturated heterocycles. The van der Waals surface area contributed by atoms with Gasteiger partial charge in [-0.25, -0.2) is 0 Å². The summed E-state index contributed by atoms with van der Waals surface area (Å²) in [5, 5.41) is 5.90. The van der Waals surface area contributed by atoms with E-state index in [9.17, 15) is 0 Å². The van der Waals surface area contributed by atoms with Crippen LogP contribution in [-0.4, -0.2) is 15.8 Å². The predicted octanol–water partition coefficient (Wildman–Crippen LogP) is 3.40. The smallest absolute Gasteiger partial charge is 0.0850 e. The van der Waals surface area contributed by atoms with E-state index in [0.717, 1.165) is 39.8 Å². The highest BCUT2D eigenvalue weighted by molar-refractivity contribution is 6.32. The summed E-state index contributed by atoms with van der Waals surface area (Å²) in [6.45, 7) is 2.05. The van der Waals surface area contributed by atoms with Crippen LogP contribution in [0.25, 0.3) is 0 Å². The number of aryl methyl sites for hydroxylation is 2. The van der Waals surface area contributed by atoms with Crippen LogP contribution in [0, 0.1) is 0 Å². The van der Waals surface area contributed by atoms with Gasteiger partial charge in [-0.15, -0.1) is 0 Å². The topological polar surface area (TPSA) is 43.8 Å². The van der Waals surface area contributed by atoms with Gasteiger partial charge in [-0.05, 0) is 30.5 Å². The summed E-state index contributed by atoms with van der Waals surface area (Å²) in [7, 11) is 1.91. The van der Waals surface area contributed by atoms with Gasteiger partial charge in [0.1, 0.15) is 0 Å². The Bertz CT molecular complexity index is 593. The van der Waals surface area contributed by atoms with Gasteiger partial charge in [0.15, 0.2) is 0 Å². The maximum Gasteiger partial charge on any atom is 0.0850 e. The van der Waals surface area contributed by atoms with E-state index in [0.29, 0.717) is 6.42 Å². The van der Waals surface area contributed by atoms with Crippen LogP contribution in [0.3, 0.4) is 0 Å². The summed E-state index contributed by atoms with van der Waals surface area (Å²) in [6.07, 6.45) is 2.30. The third-order valence-corrected chi connectivity index (χ3v) is 4.02. The lowest BCUT2D eigenvalue weighted by Gasteiger charge is -2.12. The fourth-order valence-corrected chi connectivity index (χ4v) is 2.91. The second kappa shape index (κ2) is 6.61. The molecule has 0 saturated carbocycles. The average Bonchev–Trinajstić information content (AvgIpc) is 2.66. The molecular weight excluding hydrogens is 293 g/mol. The third-order valence-electron chi connectivity index (χ3n) is 3.35. The molecule has 0 aliphatic heterocycles. The Morgan fingerprint density at radius 1 is 1.30 bits per heavy atom. The van der Waals surface area contributed by atoms with E-state index in [-0.39, 0.29) is 6.04 Å². The molecule has 0 radical (unpaired) electrons. The molecule has 0 spiro atoms. The normalized spacial score (nSPS) is 12.7. The minimum absolute atomic E-state index is 0.00827. The number of halogens is 2. The highest BCUT2D eigenvalue weighted by Crippen LogP contribution is 2.22. The fraction of sp³-hybridized carbons (Fsp3) is 0.400. The van der Waals surface area contributed by atoms with Crippen LogP contribution in [0.4, 0.5) is 0 Å². The SMILES string of the molecule is CCc1nn(C)c(CC(N)Cc2cccc(Cl)c2)c1Cl. The molecule has 3 nitrogen and oxygen atoms in total. The lowest BCUT2D eigenvalue weighted by atomic mass is 10.0. The number of benzene rings is 1. The molecule has 1 aromatic carbocycles. The molecule has 1 atom stereocenters. The first-order valence-corrected chi connectivity index (χ1v) is 7.47. The predicted molar refractivity (Wildman–Crippen MR) is 84.4 cm³/mol. The monoisotopic (exact) mass is 311 g/mol. The molecule has 1 unspecified atom stereocenters. The Morgan fingerprint density at radius 3 is 2.65 bits per heavy atom. The number of hydrogen-bond acceptors (Lipinski definition) is 2. The van der Waals surface area contributed by atoms with Crippen molar-refractivity contribution >= 4 is 23.2 Å². The molecule has 0 amide bonds. The molecule has 0 aliphatic rings. The molecule has 0 fully saturated rings. The summed E-state index contributed by atoms with van der Waals surface area (Å²) in [5.74, 6) is 0. The lowest BCUT2D eigenvalue weighted by molar-refractivity contribution is 0.612. The molecule has 0 bridgehead atoms. The van der Waals surface area contributed by atoms with E-state index in [1.165, 1.54) is 0 Å². The van der Waals surface area contributed by atoms with E-state index in [4.69, 9.17) is 28.9 Å². The lowest BCUT2D eigenvalue weighted by Crippen LogP contribution is -2.26. The highest BCUT2D eigenvalue weighted by Gasteiger charge is 2.16. The molecule has 1 aromatic heterocycles. The van der Waals surface area contributed by atoms with Crippen LogP contribution in [0.1, 0.15) is 23.9 Å². The highest BCUT2D eigenvalue weighted by atomic mass is 35.5. The average molecular weight is 312 g/mol. The van der Waals surface area contributed by atoms with Crippen LogP contribution >= 0.6 is 23.2 Å². The van der Waals surface area contributed by atoms with Crippen molar-refractivity contribution in [2.75, 3.05) is 0 Å². The zero-order valence-electron chi connectivity index (χ0n) is 11.7. The Morgan fingerprint density at radius 2 is 2.05 bits per heavy atom. The van der Waals surface area contributed by atoms with Crippen molar-refractivity contribution in [2.24, 2.45) is 12.8 Å². The third kappa shape index (κ3) is 3.54. The molecular formula is C15H19Cl2N3. The maximum atomic E-state index is 6.34. The zero-order chi connectivity index (χ0) is 14.7. The standard InChI is InChI=1S/C15H19Cl2N3/c1-3-13-15(17)14(20(2)19-13)9-12(18)8-10-5-4-6-11(16)7-10/h4-7,12H,3,8-9,18H2,1-2H3. The Kier molecular flexibility index (Phi) is 5.08. The molecule has 108 valence electrons. The summed E-state index contributed by atoms with van der Waals surface area (Å²) < 4.78 is 1.83. The van der Waals surface area contributed by atoms with Crippen molar-refractivity contribution < 1.29 is 0 Å². The molecule has 20 heavy (non-hydrogen) atoms. The molecule has 0 aliphatic carbocycles. The fourth-order valence-electron chi connectivity index (χ4n) is 2.33. The first kappa shape index (κ1) is 15.4. The van der Waals surface area contributed by atoms with Crippen LogP contribution < -0.4 is 5.73 Å². The van der Waals surface area contributed by atoms with Gasteiger partial charge in [-0.3, -0.25) is 4.68 Å². The van der Waals surface area contributed by atoms with Crippen molar-refractivity contribution in [2.45, 2.75) is 32.2 Å². The summed E-state index contributed by atoms with van der Waals surface area (Å²) >= 11 is 12.3. The largest absolute Gasteiger partial charge is 0.327 e. The molecule has 1 heterocycles. The van der Waals surface area contributed by atoms with Gasteiger partial charge in [0, 0.05) is 24.5 Å². The second-order valence-corrected chi connectivity index (χ2v) is 5.80. The van der Waals surface area contributed by atoms with Crippen LogP contribution in [0.2, 0.25) is 10.0 Å². The molecule has 5 heteroatoms. The summed E-state index contributed by atoms with van der Waals surface area (Å²) in [5.41, 5.74) is 9.30. The molecule has 2 rings (SSSR count). The van der Waals surface area contributed by atoms with Crippen molar-refractivity contribution in [3.05, 3.63) is 51.3 Å². The van der Waals surface area contributed by atoms with E-state index in [1.54, 1.807) is 0 Å². The quantitative estimate of drug-likeness (QED) is 0.919. The summed E-state index contributed by atoms with van der Waals surface area (Å²) in [4.78, 5) is 0. The number of aromatic nitrogens is 2. The van der Waals surface area contributed by atoms with Gasteiger partial charge in [0.25, 0.3) is 0 Å². The van der Waals surface area contributed by atoms with E-state index in [2.05, 4.69) is 5.10 Å². The van der Waals surface area contributed by atoms with Crippen molar-refractivity contribution in [1.82, 2.24) is 9.78 Å². The van der Waals surface area contributed by atoms with Gasteiger partial charge in [-0.2, -0.15) is 5.10 Å². The number of hydrogen-bond donors (Lipinski definition) is 1. The van der Waals surface area contributed by atoms with E-state index < -0.39 is 0 Å². The van der Waals surface area contributed by atoms with E-state index in [1.807, 2.05) is 42.9 Å². The van der Waals surface area contributed by atoms with Gasteiger partial charge in [-0.1, -0.05) is 42.3 Å². The van der Waals surface area contributed by atoms with Gasteiger partial charge in [0.05, 0.1) is 16.4 Å². The Hall–Kier alpha value is -1.03. The van der Waals surface area contributed by atoms with Crippen LogP contribution in [0.5, 0.6) is 0 Å². The van der Waals surface area contributed by atoms with Crippen molar-refractivity contribution in [3.63, 3.8) is 0 Å². The molecule has 2 aromatic rings. The van der Waals surface area contributed by atoms with Gasteiger partial charge < -0.3 is 5.73 Å². The number of nitrogens with two attached hydrogens (primary N) is 1. The first-order chi connectivity index (χ1) is 9.51. The van der Waals surface area contributed by atoms with Gasteiger partial charge in [0.2, 0.25) is 0 Å². The van der Waals surface area contributed by atoms with E-state index >= 15 is 0 Å². The number of nitrogens with zero attached hydrogens (tertiary/aromatic N) is 2. The minimum Gasteiger partial charge on any atom is -0.327 e. The Balaban J connectivity index is 2.08. The first-order valence-electron chi connectivity index (χ1n) is 6.71. The minimum atomic E-state index is -0.00827.